The van der Waals surface area contributed by atoms with Crippen LogP contribution in [0.15, 0.2) is 53.7 Å². The van der Waals surface area contributed by atoms with Crippen LogP contribution in [0.3, 0.4) is 0 Å². The molecule has 1 amide bonds. The third-order valence-electron chi connectivity index (χ3n) is 6.56. The number of methoxy groups -OCH3 is 1. The SMILES string of the molecule is COc1cc(=O)n2c(c1C(=O)N1CCSCC1)CCN(Cc1cccn1-c1cccnc1)CC2. The van der Waals surface area contributed by atoms with Crippen molar-refractivity contribution in [3.8, 4) is 11.4 Å². The number of thioether (sulfide) groups is 1. The molecule has 8 nitrogen and oxygen atoms in total. The van der Waals surface area contributed by atoms with Gasteiger partial charge in [0.05, 0.1) is 19.0 Å². The second kappa shape index (κ2) is 10.1. The molecular weight excluding hydrogens is 450 g/mol. The maximum atomic E-state index is 13.5. The number of ether oxygens (including phenoxy) is 1. The molecule has 0 bridgehead atoms. The normalized spacial score (nSPS) is 16.7. The maximum Gasteiger partial charge on any atom is 0.259 e. The minimum absolute atomic E-state index is 0.0280. The minimum Gasteiger partial charge on any atom is -0.496 e. The quantitative estimate of drug-likeness (QED) is 0.559. The molecule has 178 valence electrons. The van der Waals surface area contributed by atoms with E-state index in [1.54, 1.807) is 10.8 Å². The van der Waals surface area contributed by atoms with E-state index in [9.17, 15) is 9.59 Å². The molecule has 0 spiro atoms. The third kappa shape index (κ3) is 4.50. The molecule has 0 saturated carbocycles. The zero-order valence-electron chi connectivity index (χ0n) is 19.4. The molecule has 0 aromatic carbocycles. The maximum absolute atomic E-state index is 13.5. The first-order valence-corrected chi connectivity index (χ1v) is 12.8. The first kappa shape index (κ1) is 22.7. The van der Waals surface area contributed by atoms with Crippen LogP contribution in [0.4, 0.5) is 0 Å². The van der Waals surface area contributed by atoms with Crippen molar-refractivity contribution in [2.24, 2.45) is 0 Å². The van der Waals surface area contributed by atoms with Gasteiger partial charge in [-0.05, 0) is 24.3 Å². The highest BCUT2D eigenvalue weighted by molar-refractivity contribution is 7.99. The average molecular weight is 480 g/mol. The number of pyridine rings is 2. The van der Waals surface area contributed by atoms with E-state index < -0.39 is 0 Å². The lowest BCUT2D eigenvalue weighted by molar-refractivity contribution is 0.0766. The predicted molar refractivity (Wildman–Crippen MR) is 133 cm³/mol. The fraction of sp³-hybridized carbons (Fsp3) is 0.400. The van der Waals surface area contributed by atoms with Crippen LogP contribution in [-0.2, 0) is 19.5 Å². The number of amides is 1. The monoisotopic (exact) mass is 479 g/mol. The summed E-state index contributed by atoms with van der Waals surface area (Å²) in [7, 11) is 1.53. The number of hydrogen-bond acceptors (Lipinski definition) is 6. The molecule has 3 aromatic rings. The van der Waals surface area contributed by atoms with Crippen LogP contribution < -0.4 is 10.3 Å². The molecule has 3 aromatic heterocycles. The second-order valence-electron chi connectivity index (χ2n) is 8.54. The minimum atomic E-state index is -0.113. The van der Waals surface area contributed by atoms with Crippen molar-refractivity contribution in [3.63, 3.8) is 0 Å². The Labute approximate surface area is 203 Å². The summed E-state index contributed by atoms with van der Waals surface area (Å²) in [4.78, 5) is 34.9. The summed E-state index contributed by atoms with van der Waals surface area (Å²) in [6.07, 6.45) is 6.28. The summed E-state index contributed by atoms with van der Waals surface area (Å²) in [6.45, 7) is 4.22. The molecule has 34 heavy (non-hydrogen) atoms. The van der Waals surface area contributed by atoms with Gasteiger partial charge in [0.25, 0.3) is 11.5 Å². The molecule has 0 aliphatic carbocycles. The molecular formula is C25H29N5O3S. The van der Waals surface area contributed by atoms with Gasteiger partial charge in [-0.25, -0.2) is 0 Å². The van der Waals surface area contributed by atoms with Crippen LogP contribution in [0, 0.1) is 0 Å². The molecule has 0 unspecified atom stereocenters. The van der Waals surface area contributed by atoms with Gasteiger partial charge in [0.2, 0.25) is 0 Å². The molecule has 5 rings (SSSR count). The van der Waals surface area contributed by atoms with Crippen LogP contribution in [0.5, 0.6) is 5.75 Å². The van der Waals surface area contributed by atoms with E-state index in [1.165, 1.54) is 13.2 Å². The van der Waals surface area contributed by atoms with Crippen molar-refractivity contribution in [2.75, 3.05) is 44.8 Å². The molecule has 0 radical (unpaired) electrons. The van der Waals surface area contributed by atoms with E-state index in [0.29, 0.717) is 24.3 Å². The Bertz CT molecular complexity index is 1220. The highest BCUT2D eigenvalue weighted by atomic mass is 32.2. The number of carbonyl (C=O) groups excluding carboxylic acids is 1. The smallest absolute Gasteiger partial charge is 0.259 e. The van der Waals surface area contributed by atoms with E-state index in [4.69, 9.17) is 4.74 Å². The van der Waals surface area contributed by atoms with E-state index >= 15 is 0 Å². The van der Waals surface area contributed by atoms with Crippen molar-refractivity contribution in [2.45, 2.75) is 19.5 Å². The molecule has 9 heteroatoms. The van der Waals surface area contributed by atoms with Crippen LogP contribution in [0.2, 0.25) is 0 Å². The third-order valence-corrected chi connectivity index (χ3v) is 7.50. The summed E-state index contributed by atoms with van der Waals surface area (Å²) >= 11 is 1.86. The van der Waals surface area contributed by atoms with Crippen molar-refractivity contribution in [1.82, 2.24) is 23.9 Å². The molecule has 1 saturated heterocycles. The van der Waals surface area contributed by atoms with E-state index in [2.05, 4.69) is 20.5 Å². The Morgan fingerprint density at radius 2 is 1.97 bits per heavy atom. The van der Waals surface area contributed by atoms with Gasteiger partial charge < -0.3 is 18.8 Å². The standard InChI is InChI=1S/C25H29N5O3S/c1-33-22-16-23(31)30-11-10-27(18-20-5-3-8-29(20)19-4-2-7-26-17-19)9-6-21(30)24(22)25(32)28-12-14-34-15-13-28/h2-5,7-8,16-17H,6,9-15,18H2,1H3. The van der Waals surface area contributed by atoms with Gasteiger partial charge in [0, 0.05) is 87.0 Å². The van der Waals surface area contributed by atoms with Crippen LogP contribution in [0.1, 0.15) is 21.7 Å². The topological polar surface area (TPSA) is 72.6 Å². The zero-order valence-corrected chi connectivity index (χ0v) is 20.2. The van der Waals surface area contributed by atoms with Gasteiger partial charge in [-0.3, -0.25) is 19.5 Å². The van der Waals surface area contributed by atoms with Gasteiger partial charge in [-0.15, -0.1) is 0 Å². The van der Waals surface area contributed by atoms with Gasteiger partial charge in [-0.1, -0.05) is 0 Å². The Morgan fingerprint density at radius 3 is 2.74 bits per heavy atom. The first-order valence-electron chi connectivity index (χ1n) is 11.6. The molecule has 5 heterocycles. The lowest BCUT2D eigenvalue weighted by atomic mass is 10.1. The van der Waals surface area contributed by atoms with Crippen molar-refractivity contribution in [3.05, 3.63) is 76.2 Å². The van der Waals surface area contributed by atoms with Gasteiger partial charge in [-0.2, -0.15) is 11.8 Å². The van der Waals surface area contributed by atoms with Crippen LogP contribution >= 0.6 is 11.8 Å². The number of hydrogen-bond donors (Lipinski definition) is 0. The highest BCUT2D eigenvalue weighted by Gasteiger charge is 2.29. The molecule has 2 aliphatic heterocycles. The van der Waals surface area contributed by atoms with Crippen LogP contribution in [0.25, 0.3) is 5.69 Å². The Balaban J connectivity index is 1.41. The van der Waals surface area contributed by atoms with Crippen molar-refractivity contribution < 1.29 is 9.53 Å². The van der Waals surface area contributed by atoms with Gasteiger partial charge in [0.15, 0.2) is 0 Å². The van der Waals surface area contributed by atoms with Crippen LogP contribution in [-0.4, -0.2) is 74.6 Å². The summed E-state index contributed by atoms with van der Waals surface area (Å²) in [5.74, 6) is 2.24. The molecule has 0 N–H and O–H groups in total. The summed E-state index contributed by atoms with van der Waals surface area (Å²) in [5, 5.41) is 0. The number of carbonyl (C=O) groups is 1. The Hall–Kier alpha value is -3.04. The van der Waals surface area contributed by atoms with E-state index in [-0.39, 0.29) is 11.5 Å². The molecule has 2 aliphatic rings. The van der Waals surface area contributed by atoms with E-state index in [1.807, 2.05) is 47.3 Å². The fourth-order valence-corrected chi connectivity index (χ4v) is 5.69. The zero-order chi connectivity index (χ0) is 23.5. The lowest BCUT2D eigenvalue weighted by Gasteiger charge is -2.28. The number of aromatic nitrogens is 3. The number of fused-ring (bicyclic) bond motifs is 1. The average Bonchev–Trinajstić information content (AvgIpc) is 3.24. The summed E-state index contributed by atoms with van der Waals surface area (Å²) < 4.78 is 9.45. The fourth-order valence-electron chi connectivity index (χ4n) is 4.79. The Kier molecular flexibility index (Phi) is 6.73. The largest absolute Gasteiger partial charge is 0.496 e. The second-order valence-corrected chi connectivity index (χ2v) is 9.76. The first-order chi connectivity index (χ1) is 16.7. The summed E-state index contributed by atoms with van der Waals surface area (Å²) in [6, 6.07) is 9.60. The van der Waals surface area contributed by atoms with Crippen molar-refractivity contribution in [1.29, 1.82) is 0 Å². The number of nitrogens with zero attached hydrogens (tertiary/aromatic N) is 5. The summed E-state index contributed by atoms with van der Waals surface area (Å²) in [5.41, 5.74) is 3.41. The van der Waals surface area contributed by atoms with E-state index in [0.717, 1.165) is 61.3 Å². The van der Waals surface area contributed by atoms with Gasteiger partial charge in [0.1, 0.15) is 11.3 Å². The molecule has 1 fully saturated rings. The lowest BCUT2D eigenvalue weighted by Crippen LogP contribution is -2.39. The highest BCUT2D eigenvalue weighted by Crippen LogP contribution is 2.26. The molecule has 0 atom stereocenters. The number of rotatable bonds is 5. The van der Waals surface area contributed by atoms with Crippen molar-refractivity contribution >= 4 is 17.7 Å². The predicted octanol–water partition coefficient (Wildman–Crippen LogP) is 2.29. The Morgan fingerprint density at radius 1 is 1.12 bits per heavy atom. The van der Waals surface area contributed by atoms with Gasteiger partial charge >= 0.3 is 0 Å².